The fourth-order valence-corrected chi connectivity index (χ4v) is 2.76. The predicted molar refractivity (Wildman–Crippen MR) is 89.1 cm³/mol. The molecule has 6 heteroatoms. The van der Waals surface area contributed by atoms with E-state index in [1.54, 1.807) is 24.3 Å². The average Bonchev–Trinajstić information content (AvgIpc) is 2.61. The molecule has 0 aliphatic heterocycles. The zero-order chi connectivity index (χ0) is 18.0. The van der Waals surface area contributed by atoms with E-state index in [2.05, 4.69) is 4.98 Å². The average molecular weight is 340 g/mol. The van der Waals surface area contributed by atoms with Crippen molar-refractivity contribution in [1.29, 1.82) is 0 Å². The largest absolute Gasteiger partial charge is 0.364 e. The third-order valence-corrected chi connectivity index (χ3v) is 3.99. The number of nitrogens with zero attached hydrogens (tertiary/aromatic N) is 1. The molecule has 126 valence electrons. The second-order valence-corrected chi connectivity index (χ2v) is 5.68. The van der Waals surface area contributed by atoms with E-state index in [1.165, 1.54) is 6.07 Å². The number of primary amides is 1. The first-order chi connectivity index (χ1) is 12.0. The van der Waals surface area contributed by atoms with Crippen LogP contribution < -0.4 is 5.73 Å². The summed E-state index contributed by atoms with van der Waals surface area (Å²) < 4.78 is 26.5. The number of amides is 1. The monoisotopic (exact) mass is 340 g/mol. The third-order valence-electron chi connectivity index (χ3n) is 3.99. The number of fused-ring (bicyclic) bond motifs is 1. The van der Waals surface area contributed by atoms with Gasteiger partial charge in [0.1, 0.15) is 12.0 Å². The van der Waals surface area contributed by atoms with Crippen molar-refractivity contribution >= 4 is 23.1 Å². The zero-order valence-electron chi connectivity index (χ0n) is 13.1. The van der Waals surface area contributed by atoms with Gasteiger partial charge in [-0.2, -0.15) is 0 Å². The van der Waals surface area contributed by atoms with Gasteiger partial charge >= 0.3 is 0 Å². The molecule has 1 heterocycles. The molecule has 2 aromatic carbocycles. The summed E-state index contributed by atoms with van der Waals surface area (Å²) in [7, 11) is 0. The SMILES string of the molecule is NC(=O)c1nc2ccccc2cc1C(C=O)Cc1ccc(F)c(F)c1. The number of nitrogens with two attached hydrogens (primary N) is 1. The Labute approximate surface area is 142 Å². The standard InChI is InChI=1S/C19H14F2N2O2/c20-15-6-5-11(8-16(15)21)7-13(10-24)14-9-12-3-1-2-4-17(12)23-18(14)19(22)25/h1-6,8-10,13H,7H2,(H2,22,25). The van der Waals surface area contributed by atoms with Crippen LogP contribution in [0, 0.1) is 11.6 Å². The highest BCUT2D eigenvalue weighted by molar-refractivity contribution is 5.96. The summed E-state index contributed by atoms with van der Waals surface area (Å²) in [5, 5.41) is 0.750. The molecular formula is C19H14F2N2O2. The van der Waals surface area contributed by atoms with Gasteiger partial charge in [0.2, 0.25) is 0 Å². The van der Waals surface area contributed by atoms with Crippen molar-refractivity contribution in [2.75, 3.05) is 0 Å². The number of hydrogen-bond donors (Lipinski definition) is 1. The van der Waals surface area contributed by atoms with E-state index in [0.717, 1.165) is 17.5 Å². The summed E-state index contributed by atoms with van der Waals surface area (Å²) in [6, 6.07) is 12.2. The van der Waals surface area contributed by atoms with Crippen LogP contribution in [0.15, 0.2) is 48.5 Å². The Bertz CT molecular complexity index is 973. The molecule has 2 N–H and O–H groups in total. The lowest BCUT2D eigenvalue weighted by Crippen LogP contribution is -2.19. The summed E-state index contributed by atoms with van der Waals surface area (Å²) in [6.07, 6.45) is 0.750. The van der Waals surface area contributed by atoms with Crippen molar-refractivity contribution in [3.63, 3.8) is 0 Å². The smallest absolute Gasteiger partial charge is 0.267 e. The molecule has 0 spiro atoms. The number of aromatic nitrogens is 1. The predicted octanol–water partition coefficient (Wildman–Crippen LogP) is 3.14. The van der Waals surface area contributed by atoms with E-state index in [1.807, 2.05) is 6.07 Å². The Hall–Kier alpha value is -3.15. The number of aldehydes is 1. The molecule has 1 aromatic heterocycles. The third kappa shape index (κ3) is 3.38. The Morgan fingerprint density at radius 3 is 2.56 bits per heavy atom. The molecule has 0 saturated carbocycles. The highest BCUT2D eigenvalue weighted by atomic mass is 19.2. The number of hydrogen-bond acceptors (Lipinski definition) is 3. The summed E-state index contributed by atoms with van der Waals surface area (Å²) in [4.78, 5) is 27.6. The normalized spacial score (nSPS) is 12.1. The van der Waals surface area contributed by atoms with Crippen LogP contribution in [0.1, 0.15) is 27.5 Å². The van der Waals surface area contributed by atoms with Crippen molar-refractivity contribution in [2.24, 2.45) is 5.73 Å². The number of carbonyl (C=O) groups excluding carboxylic acids is 2. The number of rotatable bonds is 5. The van der Waals surface area contributed by atoms with Gasteiger partial charge < -0.3 is 10.5 Å². The van der Waals surface area contributed by atoms with E-state index in [4.69, 9.17) is 5.73 Å². The molecule has 0 bridgehead atoms. The summed E-state index contributed by atoms with van der Waals surface area (Å²) in [5.41, 5.74) is 6.78. The van der Waals surface area contributed by atoms with Crippen LogP contribution in [0.4, 0.5) is 8.78 Å². The van der Waals surface area contributed by atoms with Crippen LogP contribution in [0.25, 0.3) is 10.9 Å². The molecule has 0 aliphatic carbocycles. The van der Waals surface area contributed by atoms with E-state index in [9.17, 15) is 18.4 Å². The van der Waals surface area contributed by atoms with Crippen LogP contribution in [-0.4, -0.2) is 17.2 Å². The zero-order valence-corrected chi connectivity index (χ0v) is 13.1. The minimum Gasteiger partial charge on any atom is -0.364 e. The van der Waals surface area contributed by atoms with Gasteiger partial charge in [-0.15, -0.1) is 0 Å². The van der Waals surface area contributed by atoms with E-state index < -0.39 is 23.5 Å². The van der Waals surface area contributed by atoms with Crippen LogP contribution in [-0.2, 0) is 11.2 Å². The van der Waals surface area contributed by atoms with Crippen LogP contribution >= 0.6 is 0 Å². The fourth-order valence-electron chi connectivity index (χ4n) is 2.76. The van der Waals surface area contributed by atoms with Gasteiger partial charge in [-0.3, -0.25) is 4.79 Å². The minimum atomic E-state index is -0.992. The maximum Gasteiger partial charge on any atom is 0.267 e. The van der Waals surface area contributed by atoms with E-state index >= 15 is 0 Å². The second kappa shape index (κ2) is 6.76. The van der Waals surface area contributed by atoms with Crippen molar-refractivity contribution < 1.29 is 18.4 Å². The summed E-state index contributed by atoms with van der Waals surface area (Å²) in [6.45, 7) is 0. The summed E-state index contributed by atoms with van der Waals surface area (Å²) >= 11 is 0. The Balaban J connectivity index is 2.07. The number of benzene rings is 2. The number of para-hydroxylation sites is 1. The van der Waals surface area contributed by atoms with Crippen molar-refractivity contribution in [3.8, 4) is 0 Å². The molecule has 25 heavy (non-hydrogen) atoms. The molecule has 0 saturated heterocycles. The maximum absolute atomic E-state index is 13.4. The molecule has 1 atom stereocenters. The van der Waals surface area contributed by atoms with Crippen molar-refractivity contribution in [2.45, 2.75) is 12.3 Å². The molecule has 0 radical (unpaired) electrons. The second-order valence-electron chi connectivity index (χ2n) is 5.68. The first-order valence-corrected chi connectivity index (χ1v) is 7.58. The molecule has 3 rings (SSSR count). The van der Waals surface area contributed by atoms with E-state index in [-0.39, 0.29) is 12.1 Å². The lowest BCUT2D eigenvalue weighted by Gasteiger charge is -2.15. The van der Waals surface area contributed by atoms with Gasteiger partial charge in [-0.25, -0.2) is 13.8 Å². The van der Waals surface area contributed by atoms with Crippen molar-refractivity contribution in [1.82, 2.24) is 4.98 Å². The Morgan fingerprint density at radius 1 is 1.12 bits per heavy atom. The fraction of sp³-hybridized carbons (Fsp3) is 0.105. The van der Waals surface area contributed by atoms with Crippen LogP contribution in [0.3, 0.4) is 0 Å². The first-order valence-electron chi connectivity index (χ1n) is 7.58. The topological polar surface area (TPSA) is 73.1 Å². The Morgan fingerprint density at radius 2 is 1.88 bits per heavy atom. The molecule has 3 aromatic rings. The Kier molecular flexibility index (Phi) is 4.52. The quantitative estimate of drug-likeness (QED) is 0.725. The molecule has 1 amide bonds. The van der Waals surface area contributed by atoms with Gasteiger partial charge in [0, 0.05) is 11.3 Å². The first kappa shape index (κ1) is 16.7. The molecule has 0 fully saturated rings. The molecule has 4 nitrogen and oxygen atoms in total. The lowest BCUT2D eigenvalue weighted by molar-refractivity contribution is -0.109. The number of carbonyl (C=O) groups is 2. The van der Waals surface area contributed by atoms with Crippen molar-refractivity contribution in [3.05, 3.63) is 77.0 Å². The van der Waals surface area contributed by atoms with Crippen LogP contribution in [0.5, 0.6) is 0 Å². The molecular weight excluding hydrogens is 326 g/mol. The van der Waals surface area contributed by atoms with E-state index in [0.29, 0.717) is 22.9 Å². The highest BCUT2D eigenvalue weighted by Gasteiger charge is 2.21. The highest BCUT2D eigenvalue weighted by Crippen LogP contribution is 2.26. The van der Waals surface area contributed by atoms with Gasteiger partial charge in [0.15, 0.2) is 11.6 Å². The van der Waals surface area contributed by atoms with Gasteiger partial charge in [0.05, 0.1) is 5.52 Å². The lowest BCUT2D eigenvalue weighted by atomic mass is 9.90. The van der Waals surface area contributed by atoms with Gasteiger partial charge in [-0.05, 0) is 41.8 Å². The van der Waals surface area contributed by atoms with Gasteiger partial charge in [0.25, 0.3) is 5.91 Å². The van der Waals surface area contributed by atoms with Gasteiger partial charge in [-0.1, -0.05) is 24.3 Å². The number of pyridine rings is 1. The number of halogens is 2. The minimum absolute atomic E-state index is 0.00150. The molecule has 1 unspecified atom stereocenters. The summed E-state index contributed by atoms with van der Waals surface area (Å²) in [5.74, 6) is -3.46. The molecule has 0 aliphatic rings. The van der Waals surface area contributed by atoms with Crippen LogP contribution in [0.2, 0.25) is 0 Å². The maximum atomic E-state index is 13.4.